The molecule has 6 nitrogen and oxygen atoms in total. The Labute approximate surface area is 219 Å². The van der Waals surface area contributed by atoms with Crippen molar-refractivity contribution in [3.8, 4) is 0 Å². The van der Waals surface area contributed by atoms with Crippen molar-refractivity contribution >= 4 is 46.6 Å². The minimum absolute atomic E-state index is 0.326. The molecule has 2 saturated heterocycles. The number of hydrogen-bond acceptors (Lipinski definition) is 6. The van der Waals surface area contributed by atoms with Crippen molar-refractivity contribution in [1.29, 1.82) is 0 Å². The Hall–Kier alpha value is -3.49. The van der Waals surface area contributed by atoms with Crippen LogP contribution >= 0.6 is 24.0 Å². The van der Waals surface area contributed by atoms with Gasteiger partial charge in [0.25, 0.3) is 5.91 Å². The SMILES string of the molecule is CC(=O)N[C@@]1(c2ccccc2)C(=O)N2C(C(=O)OC(c3ccccc3)c3ccccc3)C(=S)CS[C@H]21. The maximum Gasteiger partial charge on any atom is 0.335 e. The Kier molecular flexibility index (Phi) is 6.64. The van der Waals surface area contributed by atoms with E-state index in [1.165, 1.54) is 23.6 Å². The van der Waals surface area contributed by atoms with Gasteiger partial charge < -0.3 is 15.0 Å². The van der Waals surface area contributed by atoms with Crippen molar-refractivity contribution in [2.24, 2.45) is 0 Å². The van der Waals surface area contributed by atoms with Gasteiger partial charge in [-0.05, 0) is 16.7 Å². The van der Waals surface area contributed by atoms with Gasteiger partial charge in [0.1, 0.15) is 5.37 Å². The van der Waals surface area contributed by atoms with Crippen LogP contribution in [0.2, 0.25) is 0 Å². The molecule has 1 unspecified atom stereocenters. The number of nitrogens with one attached hydrogen (secondary N) is 1. The van der Waals surface area contributed by atoms with E-state index in [2.05, 4.69) is 5.32 Å². The van der Waals surface area contributed by atoms with Gasteiger partial charge in [-0.2, -0.15) is 0 Å². The Morgan fingerprint density at radius 2 is 1.50 bits per heavy atom. The number of nitrogens with zero attached hydrogens (tertiary/aromatic N) is 1. The molecular weight excluding hydrogens is 492 g/mol. The van der Waals surface area contributed by atoms with E-state index >= 15 is 0 Å². The van der Waals surface area contributed by atoms with Gasteiger partial charge in [0, 0.05) is 17.5 Å². The van der Waals surface area contributed by atoms with E-state index < -0.39 is 29.0 Å². The molecule has 2 aliphatic rings. The second kappa shape index (κ2) is 9.87. The highest BCUT2D eigenvalue weighted by Gasteiger charge is 2.67. The van der Waals surface area contributed by atoms with Gasteiger partial charge in [-0.25, -0.2) is 4.79 Å². The Morgan fingerprint density at radius 1 is 0.972 bits per heavy atom. The van der Waals surface area contributed by atoms with E-state index in [4.69, 9.17) is 17.0 Å². The molecule has 3 aromatic rings. The molecule has 2 aliphatic heterocycles. The predicted octanol–water partition coefficient (Wildman–Crippen LogP) is 4.00. The molecule has 182 valence electrons. The van der Waals surface area contributed by atoms with Crippen molar-refractivity contribution in [2.75, 3.05) is 5.75 Å². The molecule has 0 spiro atoms. The summed E-state index contributed by atoms with van der Waals surface area (Å²) in [6.45, 7) is 1.38. The van der Waals surface area contributed by atoms with E-state index in [9.17, 15) is 14.4 Å². The topological polar surface area (TPSA) is 75.7 Å². The number of amides is 2. The van der Waals surface area contributed by atoms with E-state index in [-0.39, 0.29) is 11.8 Å². The number of hydrogen-bond donors (Lipinski definition) is 1. The zero-order valence-electron chi connectivity index (χ0n) is 19.5. The fourth-order valence-electron chi connectivity index (χ4n) is 4.85. The summed E-state index contributed by atoms with van der Waals surface area (Å²) in [7, 11) is 0. The first-order valence-corrected chi connectivity index (χ1v) is 13.0. The summed E-state index contributed by atoms with van der Waals surface area (Å²) in [4.78, 5) is 41.5. The van der Waals surface area contributed by atoms with Crippen molar-refractivity contribution in [2.45, 2.75) is 30.0 Å². The Morgan fingerprint density at radius 3 is 2.03 bits per heavy atom. The largest absolute Gasteiger partial charge is 0.451 e. The average Bonchev–Trinajstić information content (AvgIpc) is 2.91. The van der Waals surface area contributed by atoms with Crippen LogP contribution in [0.25, 0.3) is 0 Å². The molecule has 0 radical (unpaired) electrons. The molecular formula is C28H24N2O4S2. The molecule has 2 amide bonds. The first-order chi connectivity index (χ1) is 17.4. The number of benzene rings is 3. The van der Waals surface area contributed by atoms with Crippen molar-refractivity contribution in [3.05, 3.63) is 108 Å². The fourth-order valence-corrected chi connectivity index (χ4v) is 6.67. The third-order valence-corrected chi connectivity index (χ3v) is 8.35. The molecule has 2 heterocycles. The third kappa shape index (κ3) is 4.10. The van der Waals surface area contributed by atoms with Crippen molar-refractivity contribution < 1.29 is 19.1 Å². The van der Waals surface area contributed by atoms with Gasteiger partial charge in [0.2, 0.25) is 5.91 Å². The fraction of sp³-hybridized carbons (Fsp3) is 0.214. The molecule has 0 saturated carbocycles. The van der Waals surface area contributed by atoms with E-state index in [0.29, 0.717) is 16.2 Å². The van der Waals surface area contributed by atoms with Crippen LogP contribution in [0, 0.1) is 0 Å². The molecule has 8 heteroatoms. The molecule has 2 fully saturated rings. The van der Waals surface area contributed by atoms with Gasteiger partial charge >= 0.3 is 5.97 Å². The Balaban J connectivity index is 1.47. The highest BCUT2D eigenvalue weighted by Crippen LogP contribution is 2.50. The van der Waals surface area contributed by atoms with Crippen LogP contribution < -0.4 is 5.32 Å². The molecule has 0 aromatic heterocycles. The van der Waals surface area contributed by atoms with Gasteiger partial charge in [-0.3, -0.25) is 9.59 Å². The second-order valence-electron chi connectivity index (χ2n) is 8.74. The number of ether oxygens (including phenoxy) is 1. The lowest BCUT2D eigenvalue weighted by molar-refractivity contribution is -0.171. The minimum Gasteiger partial charge on any atom is -0.451 e. The number of thioether (sulfide) groups is 1. The number of rotatable bonds is 6. The maximum absolute atomic E-state index is 13.8. The van der Waals surface area contributed by atoms with Crippen molar-refractivity contribution in [3.63, 3.8) is 0 Å². The summed E-state index contributed by atoms with van der Waals surface area (Å²) in [6.07, 6.45) is -0.652. The summed E-state index contributed by atoms with van der Waals surface area (Å²) in [5.41, 5.74) is 1.04. The van der Waals surface area contributed by atoms with Gasteiger partial charge in [0.05, 0.1) is 0 Å². The lowest BCUT2D eigenvalue weighted by Crippen LogP contribution is -2.81. The summed E-state index contributed by atoms with van der Waals surface area (Å²) in [6, 6.07) is 27.0. The van der Waals surface area contributed by atoms with Gasteiger partial charge in [0.15, 0.2) is 17.7 Å². The molecule has 5 rings (SSSR count). The number of carbonyl (C=O) groups is 3. The van der Waals surface area contributed by atoms with Crippen LogP contribution in [-0.2, 0) is 24.7 Å². The summed E-state index contributed by atoms with van der Waals surface area (Å²) in [5, 5.41) is 2.39. The van der Waals surface area contributed by atoms with Crippen LogP contribution in [0.5, 0.6) is 0 Å². The smallest absolute Gasteiger partial charge is 0.335 e. The average molecular weight is 517 g/mol. The summed E-state index contributed by atoms with van der Waals surface area (Å²) in [5.74, 6) is -0.894. The standard InChI is InChI=1S/C28H24N2O4S2/c1-18(31)29-28(21-15-9-4-10-16-21)26(33)30-23(22(35)17-36-27(28)30)25(32)34-24(19-11-5-2-6-12-19)20-13-7-3-8-14-20/h2-16,23-24,27H,17H2,1H3,(H,29,31)/t23?,27-,28-/m0/s1. The van der Waals surface area contributed by atoms with Crippen LogP contribution in [0.3, 0.4) is 0 Å². The third-order valence-electron chi connectivity index (χ3n) is 6.43. The lowest BCUT2D eigenvalue weighted by atomic mass is 9.79. The normalized spacial score (nSPS) is 23.0. The second-order valence-corrected chi connectivity index (χ2v) is 10.3. The van der Waals surface area contributed by atoms with E-state index in [1.807, 2.05) is 91.0 Å². The van der Waals surface area contributed by atoms with Gasteiger partial charge in [-0.15, -0.1) is 11.8 Å². The molecule has 0 aliphatic carbocycles. The van der Waals surface area contributed by atoms with Crippen LogP contribution in [0.15, 0.2) is 91.0 Å². The molecule has 36 heavy (non-hydrogen) atoms. The van der Waals surface area contributed by atoms with Crippen molar-refractivity contribution in [1.82, 2.24) is 10.2 Å². The quantitative estimate of drug-likeness (QED) is 0.303. The predicted molar refractivity (Wildman–Crippen MR) is 142 cm³/mol. The van der Waals surface area contributed by atoms with Gasteiger partial charge in [-0.1, -0.05) is 103 Å². The number of carbonyl (C=O) groups excluding carboxylic acids is 3. The summed E-state index contributed by atoms with van der Waals surface area (Å²) < 4.78 is 6.07. The first kappa shape index (κ1) is 24.2. The highest BCUT2D eigenvalue weighted by atomic mass is 32.2. The van der Waals surface area contributed by atoms with E-state index in [0.717, 1.165) is 11.1 Å². The van der Waals surface area contributed by atoms with Crippen LogP contribution in [0.1, 0.15) is 29.7 Å². The maximum atomic E-state index is 13.8. The molecule has 1 N–H and O–H groups in total. The monoisotopic (exact) mass is 516 g/mol. The number of fused-ring (bicyclic) bond motifs is 1. The first-order valence-electron chi connectivity index (χ1n) is 11.5. The Bertz CT molecular complexity index is 1260. The number of esters is 1. The van der Waals surface area contributed by atoms with E-state index in [1.54, 1.807) is 0 Å². The lowest BCUT2D eigenvalue weighted by Gasteiger charge is -2.59. The zero-order valence-corrected chi connectivity index (χ0v) is 21.1. The minimum atomic E-state index is -1.26. The van der Waals surface area contributed by atoms with Crippen LogP contribution in [0.4, 0.5) is 0 Å². The molecule has 0 bridgehead atoms. The molecule has 3 aromatic carbocycles. The zero-order chi connectivity index (χ0) is 25.3. The highest BCUT2D eigenvalue weighted by molar-refractivity contribution is 8.02. The molecule has 3 atom stereocenters. The summed E-state index contributed by atoms with van der Waals surface area (Å²) >= 11 is 7.03. The van der Waals surface area contributed by atoms with Crippen LogP contribution in [-0.4, -0.2) is 44.7 Å². The number of thiocarbonyl (C=S) groups is 1. The number of β-lactam (4-membered cyclic amide) rings is 1.